The summed E-state index contributed by atoms with van der Waals surface area (Å²) in [5, 5.41) is 4.38. The van der Waals surface area contributed by atoms with E-state index in [0.29, 0.717) is 23.0 Å². The van der Waals surface area contributed by atoms with Gasteiger partial charge in [-0.25, -0.2) is 9.97 Å². The lowest BCUT2D eigenvalue weighted by Crippen LogP contribution is -2.14. The van der Waals surface area contributed by atoms with Gasteiger partial charge in [-0.2, -0.15) is 0 Å². The van der Waals surface area contributed by atoms with Crippen LogP contribution in [-0.2, 0) is 0 Å². The molecule has 0 aliphatic heterocycles. The van der Waals surface area contributed by atoms with Gasteiger partial charge in [-0.05, 0) is 63.8 Å². The zero-order chi connectivity index (χ0) is 20.8. The molecular formula is C22H29N5O2. The third-order valence-corrected chi connectivity index (χ3v) is 4.69. The highest BCUT2D eigenvalue weighted by molar-refractivity contribution is 5.93. The highest BCUT2D eigenvalue weighted by Gasteiger charge is 2.14. The lowest BCUT2D eigenvalue weighted by atomic mass is 10.1. The number of nitrogens with one attached hydrogen (secondary N) is 1. The van der Waals surface area contributed by atoms with Gasteiger partial charge in [0.25, 0.3) is 0 Å². The van der Waals surface area contributed by atoms with Gasteiger partial charge < -0.3 is 25.4 Å². The number of nitrogens with two attached hydrogens (primary N) is 1. The summed E-state index contributed by atoms with van der Waals surface area (Å²) in [6.45, 7) is 1.89. The zero-order valence-corrected chi connectivity index (χ0v) is 17.5. The van der Waals surface area contributed by atoms with Crippen molar-refractivity contribution in [3.05, 3.63) is 36.4 Å². The van der Waals surface area contributed by atoms with E-state index in [1.165, 1.54) is 0 Å². The van der Waals surface area contributed by atoms with E-state index in [2.05, 4.69) is 24.3 Å². The number of aromatic nitrogens is 2. The summed E-state index contributed by atoms with van der Waals surface area (Å²) in [5.41, 5.74) is 8.23. The van der Waals surface area contributed by atoms with Gasteiger partial charge in [-0.3, -0.25) is 0 Å². The predicted octanol–water partition coefficient (Wildman–Crippen LogP) is 3.65. The fourth-order valence-corrected chi connectivity index (χ4v) is 3.11. The average Bonchev–Trinajstić information content (AvgIpc) is 2.72. The Kier molecular flexibility index (Phi) is 6.72. The van der Waals surface area contributed by atoms with Gasteiger partial charge in [0, 0.05) is 29.2 Å². The molecule has 0 saturated carbocycles. The summed E-state index contributed by atoms with van der Waals surface area (Å²) < 4.78 is 10.9. The van der Waals surface area contributed by atoms with Crippen molar-refractivity contribution in [2.45, 2.75) is 12.8 Å². The highest BCUT2D eigenvalue weighted by atomic mass is 16.5. The quantitative estimate of drug-likeness (QED) is 0.422. The molecule has 2 aromatic carbocycles. The number of hydrogen-bond acceptors (Lipinski definition) is 7. The maximum atomic E-state index is 5.82. The van der Waals surface area contributed by atoms with Crippen molar-refractivity contribution in [1.82, 2.24) is 14.9 Å². The Bertz CT molecular complexity index is 958. The van der Waals surface area contributed by atoms with Crippen molar-refractivity contribution >= 4 is 22.4 Å². The van der Waals surface area contributed by atoms with Crippen LogP contribution < -0.4 is 20.5 Å². The molecule has 0 fully saturated rings. The number of nitrogens with zero attached hydrogens (tertiary/aromatic N) is 3. The van der Waals surface area contributed by atoms with Crippen molar-refractivity contribution in [3.63, 3.8) is 0 Å². The number of fused-ring (bicyclic) bond motifs is 1. The minimum Gasteiger partial charge on any atom is -0.493 e. The van der Waals surface area contributed by atoms with Gasteiger partial charge in [0.15, 0.2) is 17.3 Å². The molecule has 1 heterocycles. The molecule has 0 amide bonds. The fraction of sp³-hybridized carbons (Fsp3) is 0.364. The van der Waals surface area contributed by atoms with E-state index in [4.69, 9.17) is 25.2 Å². The van der Waals surface area contributed by atoms with Crippen LogP contribution in [0.2, 0.25) is 0 Å². The summed E-state index contributed by atoms with van der Waals surface area (Å²) in [6.07, 6.45) is 2.17. The van der Waals surface area contributed by atoms with Gasteiger partial charge in [0.1, 0.15) is 5.82 Å². The zero-order valence-electron chi connectivity index (χ0n) is 17.5. The van der Waals surface area contributed by atoms with Crippen LogP contribution in [0.3, 0.4) is 0 Å². The van der Waals surface area contributed by atoms with Crippen molar-refractivity contribution in [2.24, 2.45) is 0 Å². The molecule has 0 spiro atoms. The summed E-state index contributed by atoms with van der Waals surface area (Å²) in [4.78, 5) is 11.7. The molecule has 154 valence electrons. The van der Waals surface area contributed by atoms with Crippen molar-refractivity contribution in [3.8, 4) is 22.9 Å². The minimum absolute atomic E-state index is 0.638. The van der Waals surface area contributed by atoms with E-state index >= 15 is 0 Å². The second-order valence-electron chi connectivity index (χ2n) is 7.18. The molecular weight excluding hydrogens is 366 g/mol. The van der Waals surface area contributed by atoms with Crippen molar-refractivity contribution < 1.29 is 9.47 Å². The predicted molar refractivity (Wildman–Crippen MR) is 119 cm³/mol. The first kappa shape index (κ1) is 20.7. The number of ether oxygens (including phenoxy) is 2. The number of unbranched alkanes of at least 4 members (excludes halogenated alkanes) is 1. The number of hydrogen-bond donors (Lipinski definition) is 2. The number of benzene rings is 2. The van der Waals surface area contributed by atoms with E-state index < -0.39 is 0 Å². The molecule has 3 N–H and O–H groups in total. The molecule has 29 heavy (non-hydrogen) atoms. The molecule has 1 aromatic heterocycles. The SMILES string of the molecule is COc1cc2nc(-c3ccc(N)cc3)nc(NCCCCN(C)C)c2cc1OC. The molecule has 0 aliphatic rings. The van der Waals surface area contributed by atoms with Gasteiger partial charge in [0.05, 0.1) is 19.7 Å². The topological polar surface area (TPSA) is 85.5 Å². The Morgan fingerprint density at radius 3 is 2.31 bits per heavy atom. The maximum absolute atomic E-state index is 5.82. The van der Waals surface area contributed by atoms with E-state index in [0.717, 1.165) is 48.2 Å². The van der Waals surface area contributed by atoms with E-state index in [1.807, 2.05) is 36.4 Å². The van der Waals surface area contributed by atoms with Crippen LogP contribution in [0.4, 0.5) is 11.5 Å². The molecule has 3 aromatic rings. The number of nitrogen functional groups attached to an aromatic ring is 1. The first-order chi connectivity index (χ1) is 14.0. The standard InChI is InChI=1S/C22H29N5O2/c1-27(2)12-6-5-11-24-22-17-13-19(28-3)20(29-4)14-18(17)25-21(26-22)15-7-9-16(23)10-8-15/h7-10,13-14H,5-6,11-12,23H2,1-4H3,(H,24,25,26). The first-order valence-corrected chi connectivity index (χ1v) is 9.70. The molecule has 0 radical (unpaired) electrons. The maximum Gasteiger partial charge on any atom is 0.162 e. The monoisotopic (exact) mass is 395 g/mol. The lowest BCUT2D eigenvalue weighted by Gasteiger charge is -2.14. The van der Waals surface area contributed by atoms with Crippen LogP contribution >= 0.6 is 0 Å². The van der Waals surface area contributed by atoms with Gasteiger partial charge in [-0.15, -0.1) is 0 Å². The molecule has 0 saturated heterocycles. The third kappa shape index (κ3) is 5.06. The van der Waals surface area contributed by atoms with Gasteiger partial charge >= 0.3 is 0 Å². The molecule has 7 heteroatoms. The van der Waals surface area contributed by atoms with E-state index in [-0.39, 0.29) is 0 Å². The first-order valence-electron chi connectivity index (χ1n) is 9.70. The smallest absolute Gasteiger partial charge is 0.162 e. The Morgan fingerprint density at radius 1 is 0.966 bits per heavy atom. The highest BCUT2D eigenvalue weighted by Crippen LogP contribution is 2.35. The summed E-state index contributed by atoms with van der Waals surface area (Å²) in [7, 11) is 7.42. The van der Waals surface area contributed by atoms with Gasteiger partial charge in [-0.1, -0.05) is 0 Å². The second kappa shape index (κ2) is 9.43. The molecule has 3 rings (SSSR count). The minimum atomic E-state index is 0.638. The Labute approximate surface area is 171 Å². The Balaban J connectivity index is 1.98. The summed E-state index contributed by atoms with van der Waals surface area (Å²) in [6, 6.07) is 11.4. The Hall–Kier alpha value is -3.06. The lowest BCUT2D eigenvalue weighted by molar-refractivity contribution is 0.356. The number of rotatable bonds is 9. The van der Waals surface area contributed by atoms with E-state index in [9.17, 15) is 0 Å². The summed E-state index contributed by atoms with van der Waals surface area (Å²) in [5.74, 6) is 2.71. The van der Waals surface area contributed by atoms with Crippen molar-refractivity contribution in [2.75, 3.05) is 52.5 Å². The van der Waals surface area contributed by atoms with Crippen LogP contribution in [0.1, 0.15) is 12.8 Å². The molecule has 7 nitrogen and oxygen atoms in total. The van der Waals surface area contributed by atoms with Crippen LogP contribution in [0.5, 0.6) is 11.5 Å². The average molecular weight is 396 g/mol. The van der Waals surface area contributed by atoms with Gasteiger partial charge in [0.2, 0.25) is 0 Å². The normalized spacial score (nSPS) is 11.1. The van der Waals surface area contributed by atoms with E-state index in [1.54, 1.807) is 14.2 Å². The van der Waals surface area contributed by atoms with Crippen LogP contribution in [0.25, 0.3) is 22.3 Å². The Morgan fingerprint density at radius 2 is 1.66 bits per heavy atom. The molecule has 0 unspecified atom stereocenters. The number of anilines is 2. The largest absolute Gasteiger partial charge is 0.493 e. The fourth-order valence-electron chi connectivity index (χ4n) is 3.11. The molecule has 0 atom stereocenters. The third-order valence-electron chi connectivity index (χ3n) is 4.69. The molecule has 0 aliphatic carbocycles. The second-order valence-corrected chi connectivity index (χ2v) is 7.18. The van der Waals surface area contributed by atoms with Crippen LogP contribution in [0.15, 0.2) is 36.4 Å². The van der Waals surface area contributed by atoms with Crippen LogP contribution in [0, 0.1) is 0 Å². The molecule has 0 bridgehead atoms. The summed E-state index contributed by atoms with van der Waals surface area (Å²) >= 11 is 0. The van der Waals surface area contributed by atoms with Crippen molar-refractivity contribution in [1.29, 1.82) is 0 Å². The number of methoxy groups -OCH3 is 2. The van der Waals surface area contributed by atoms with Crippen LogP contribution in [-0.4, -0.2) is 56.3 Å².